The van der Waals surface area contributed by atoms with Gasteiger partial charge in [0.1, 0.15) is 18.4 Å². The number of ether oxygens (including phenoxy) is 2. The molecule has 1 aliphatic heterocycles. The molecule has 0 unspecified atom stereocenters. The van der Waals surface area contributed by atoms with Crippen molar-refractivity contribution in [1.82, 2.24) is 4.90 Å². The van der Waals surface area contributed by atoms with E-state index in [1.807, 2.05) is 48.6 Å². The molecule has 2 aromatic carbocycles. The van der Waals surface area contributed by atoms with Crippen molar-refractivity contribution in [2.75, 3.05) is 6.61 Å². The quantitative estimate of drug-likeness (QED) is 0.305. The van der Waals surface area contributed by atoms with E-state index < -0.39 is 18.1 Å². The van der Waals surface area contributed by atoms with Crippen LogP contribution in [0.15, 0.2) is 90.2 Å². The van der Waals surface area contributed by atoms with E-state index in [-0.39, 0.29) is 12.3 Å². The van der Waals surface area contributed by atoms with Gasteiger partial charge in [-0.1, -0.05) is 79.0 Å². The lowest BCUT2D eigenvalue weighted by Gasteiger charge is -2.26. The Kier molecular flexibility index (Phi) is 5.86. The summed E-state index contributed by atoms with van der Waals surface area (Å²) in [5.74, 6) is -0.334. The molecule has 1 aliphatic carbocycles. The summed E-state index contributed by atoms with van der Waals surface area (Å²) >= 11 is 5.50. The summed E-state index contributed by atoms with van der Waals surface area (Å²) < 4.78 is 10.7. The first kappa shape index (κ1) is 19.8. The number of carbonyl (C=O) groups excluding carboxylic acids is 2. The highest BCUT2D eigenvalue weighted by Gasteiger charge is 2.39. The Balaban J connectivity index is 1.74. The minimum atomic E-state index is -0.721. The van der Waals surface area contributed by atoms with Crippen molar-refractivity contribution >= 4 is 29.1 Å². The van der Waals surface area contributed by atoms with E-state index in [0.29, 0.717) is 22.6 Å². The Morgan fingerprint density at radius 3 is 2.50 bits per heavy atom. The molecule has 30 heavy (non-hydrogen) atoms. The highest BCUT2D eigenvalue weighted by Crippen LogP contribution is 2.35. The van der Waals surface area contributed by atoms with Crippen LogP contribution < -0.4 is 4.74 Å². The predicted molar refractivity (Wildman–Crippen MR) is 116 cm³/mol. The van der Waals surface area contributed by atoms with Gasteiger partial charge in [-0.15, -0.1) is 0 Å². The van der Waals surface area contributed by atoms with Crippen molar-refractivity contribution in [2.45, 2.75) is 12.5 Å². The first-order valence-corrected chi connectivity index (χ1v) is 9.86. The molecule has 1 amide bonds. The van der Waals surface area contributed by atoms with E-state index >= 15 is 0 Å². The summed E-state index contributed by atoms with van der Waals surface area (Å²) in [4.78, 5) is 27.4. The Bertz CT molecular complexity index is 1060. The smallest absolute Gasteiger partial charge is 0.415 e. The highest BCUT2D eigenvalue weighted by atomic mass is 32.1. The van der Waals surface area contributed by atoms with Gasteiger partial charge in [-0.25, -0.2) is 9.59 Å². The second kappa shape index (κ2) is 8.88. The Morgan fingerprint density at radius 1 is 1.10 bits per heavy atom. The van der Waals surface area contributed by atoms with E-state index in [9.17, 15) is 9.59 Å². The number of hydrogen-bond donors (Lipinski definition) is 0. The van der Waals surface area contributed by atoms with Gasteiger partial charge in [0.2, 0.25) is 0 Å². The fourth-order valence-electron chi connectivity index (χ4n) is 3.32. The van der Waals surface area contributed by atoms with E-state index in [2.05, 4.69) is 6.08 Å². The van der Waals surface area contributed by atoms with E-state index in [1.54, 1.807) is 30.3 Å². The summed E-state index contributed by atoms with van der Waals surface area (Å²) in [6.45, 7) is 0.164. The van der Waals surface area contributed by atoms with E-state index in [0.717, 1.165) is 5.56 Å². The van der Waals surface area contributed by atoms with Gasteiger partial charge in [-0.05, 0) is 17.7 Å². The lowest BCUT2D eigenvalue weighted by molar-refractivity contribution is -0.129. The topological polar surface area (TPSA) is 55.8 Å². The molecule has 0 N–H and O–H groups in total. The van der Waals surface area contributed by atoms with Crippen LogP contribution in [0.3, 0.4) is 0 Å². The maximum absolute atomic E-state index is 12.7. The van der Waals surface area contributed by atoms with Crippen molar-refractivity contribution in [3.05, 3.63) is 102 Å². The molecule has 2 aromatic rings. The normalized spacial score (nSPS) is 18.8. The molecule has 1 fully saturated rings. The van der Waals surface area contributed by atoms with Crippen LogP contribution in [-0.4, -0.2) is 28.4 Å². The summed E-state index contributed by atoms with van der Waals surface area (Å²) in [7, 11) is 0. The number of benzene rings is 2. The molecule has 2 aliphatic rings. The molecule has 0 aromatic heterocycles. The van der Waals surface area contributed by atoms with Crippen LogP contribution in [0.25, 0.3) is 0 Å². The zero-order valence-corrected chi connectivity index (χ0v) is 16.8. The third kappa shape index (κ3) is 4.23. The molecule has 4 rings (SSSR count). The van der Waals surface area contributed by atoms with Gasteiger partial charge in [0.25, 0.3) is 0 Å². The van der Waals surface area contributed by atoms with Gasteiger partial charge in [-0.3, -0.25) is 4.90 Å². The highest BCUT2D eigenvalue weighted by molar-refractivity contribution is 7.80. The maximum atomic E-state index is 12.7. The molecular weight excluding hydrogens is 398 g/mol. The lowest BCUT2D eigenvalue weighted by atomic mass is 9.98. The SMILES string of the molecule is O=C([C]=C(C1=CC=CCC1=S)N1C(=O)OC[C@H]1c1ccccc1)Oc1ccccc1. The molecule has 1 radical (unpaired) electrons. The Labute approximate surface area is 179 Å². The van der Waals surface area contributed by atoms with Crippen LogP contribution in [0.2, 0.25) is 0 Å². The zero-order valence-electron chi connectivity index (χ0n) is 16.0. The molecule has 1 heterocycles. The number of amides is 1. The predicted octanol–water partition coefficient (Wildman–Crippen LogP) is 4.73. The van der Waals surface area contributed by atoms with Crippen molar-refractivity contribution in [1.29, 1.82) is 0 Å². The van der Waals surface area contributed by atoms with Crippen LogP contribution in [-0.2, 0) is 9.53 Å². The van der Waals surface area contributed by atoms with Gasteiger partial charge in [0, 0.05) is 16.9 Å². The van der Waals surface area contributed by atoms with E-state index in [1.165, 1.54) is 4.90 Å². The van der Waals surface area contributed by atoms with Crippen LogP contribution in [0.4, 0.5) is 4.79 Å². The molecule has 6 heteroatoms. The summed E-state index contributed by atoms with van der Waals surface area (Å²) in [6.07, 6.45) is 8.25. The molecule has 1 saturated heterocycles. The zero-order chi connectivity index (χ0) is 20.9. The van der Waals surface area contributed by atoms with Crippen LogP contribution in [0.1, 0.15) is 18.0 Å². The van der Waals surface area contributed by atoms with Gasteiger partial charge in [0.05, 0.1) is 11.7 Å². The first-order valence-electron chi connectivity index (χ1n) is 9.45. The molecule has 1 atom stereocenters. The number of thiocarbonyl (C=S) groups is 1. The summed E-state index contributed by atoms with van der Waals surface area (Å²) in [5, 5.41) is 0. The van der Waals surface area contributed by atoms with Crippen molar-refractivity contribution in [3.8, 4) is 5.75 Å². The van der Waals surface area contributed by atoms with Crippen LogP contribution >= 0.6 is 12.2 Å². The largest absolute Gasteiger partial charge is 0.447 e. The average molecular weight is 416 g/mol. The third-order valence-corrected chi connectivity index (χ3v) is 5.12. The second-order valence-electron chi connectivity index (χ2n) is 6.69. The van der Waals surface area contributed by atoms with Gasteiger partial charge in [-0.2, -0.15) is 0 Å². The maximum Gasteiger partial charge on any atom is 0.415 e. The average Bonchev–Trinajstić information content (AvgIpc) is 3.15. The molecule has 149 valence electrons. The van der Waals surface area contributed by atoms with Gasteiger partial charge in [0.15, 0.2) is 0 Å². The number of carbonyl (C=O) groups is 2. The van der Waals surface area contributed by atoms with Crippen molar-refractivity contribution in [3.63, 3.8) is 0 Å². The second-order valence-corrected chi connectivity index (χ2v) is 7.18. The Hall–Kier alpha value is -3.51. The number of allylic oxidation sites excluding steroid dienone is 4. The lowest BCUT2D eigenvalue weighted by Crippen LogP contribution is -2.31. The Morgan fingerprint density at radius 2 is 1.80 bits per heavy atom. The number of rotatable bonds is 5. The number of nitrogens with zero attached hydrogens (tertiary/aromatic N) is 1. The van der Waals surface area contributed by atoms with Crippen molar-refractivity contribution in [2.24, 2.45) is 0 Å². The number of para-hydroxylation sites is 1. The fourth-order valence-corrected chi connectivity index (χ4v) is 3.58. The minimum absolute atomic E-state index is 0.164. The van der Waals surface area contributed by atoms with E-state index in [4.69, 9.17) is 21.7 Å². The third-order valence-electron chi connectivity index (χ3n) is 4.73. The summed E-state index contributed by atoms with van der Waals surface area (Å²) in [6, 6.07) is 17.8. The minimum Gasteiger partial charge on any atom is -0.447 e. The van der Waals surface area contributed by atoms with Crippen LogP contribution in [0, 0.1) is 6.08 Å². The van der Waals surface area contributed by atoms with Gasteiger partial charge >= 0.3 is 12.1 Å². The standard InChI is InChI=1S/C24H18NO4S/c26-23(29-18-11-5-2-6-12-18)15-20(19-13-7-8-14-22(19)30)25-21(16-28-24(25)27)17-9-3-1-4-10-17/h1-13,21H,14,16H2/t21-/m0/s1. The van der Waals surface area contributed by atoms with Gasteiger partial charge < -0.3 is 9.47 Å². The molecular formula is C24H18NO4S. The first-order chi connectivity index (χ1) is 14.6. The molecule has 0 bridgehead atoms. The molecule has 0 spiro atoms. The number of hydrogen-bond acceptors (Lipinski definition) is 5. The fraction of sp³-hybridized carbons (Fsp3) is 0.125. The number of esters is 1. The molecule has 0 saturated carbocycles. The van der Waals surface area contributed by atoms with Crippen LogP contribution in [0.5, 0.6) is 5.75 Å². The summed E-state index contributed by atoms with van der Waals surface area (Å²) in [5.41, 5.74) is 1.72. The monoisotopic (exact) mass is 416 g/mol. The van der Waals surface area contributed by atoms with Crippen molar-refractivity contribution < 1.29 is 19.1 Å². The number of cyclic esters (lactones) is 1. The molecule has 5 nitrogen and oxygen atoms in total.